The Hall–Kier alpha value is -4.01. The topological polar surface area (TPSA) is 70.9 Å². The minimum atomic E-state index is 0.350. The van der Waals surface area contributed by atoms with Gasteiger partial charge in [0.05, 0.1) is 23.2 Å². The summed E-state index contributed by atoms with van der Waals surface area (Å²) in [5.41, 5.74) is 4.80. The maximum absolute atomic E-state index is 9.84. The van der Waals surface area contributed by atoms with Gasteiger partial charge in [-0.3, -0.25) is 0 Å². The van der Waals surface area contributed by atoms with E-state index in [1.807, 2.05) is 73.7 Å². The lowest BCUT2D eigenvalue weighted by Crippen LogP contribution is -2.03. The molecule has 4 aromatic rings. The van der Waals surface area contributed by atoms with Gasteiger partial charge in [0.25, 0.3) is 0 Å². The van der Waals surface area contributed by atoms with Gasteiger partial charge in [-0.05, 0) is 66.9 Å². The zero-order chi connectivity index (χ0) is 23.9. The molecule has 0 saturated heterocycles. The molecule has 3 aromatic carbocycles. The summed E-state index contributed by atoms with van der Waals surface area (Å²) in [6, 6.07) is 21.4. The highest BCUT2D eigenvalue weighted by Crippen LogP contribution is 2.36. The summed E-state index contributed by atoms with van der Waals surface area (Å²) < 4.78 is 12.1. The van der Waals surface area contributed by atoms with Crippen LogP contribution >= 0.6 is 11.6 Å². The minimum absolute atomic E-state index is 0.350. The molecular formula is C28H24ClN3O2. The van der Waals surface area contributed by atoms with E-state index in [4.69, 9.17) is 21.1 Å². The standard InChI is InChI=1S/C28H24ClN3O2/c1-3-8-21-13-20(14-22(17-30)28-31-24-11-5-6-12-25(24)32-28)16-26(33-4-2)27(21)34-18-19-9-7-10-23(29)15-19/h3,5-7,9-16H,1,4,8,18H2,2H3,(H,31,32)/b22-14+. The Morgan fingerprint density at radius 2 is 2.00 bits per heavy atom. The van der Waals surface area contributed by atoms with E-state index in [0.29, 0.717) is 47.6 Å². The van der Waals surface area contributed by atoms with E-state index >= 15 is 0 Å². The number of nitrogens with zero attached hydrogens (tertiary/aromatic N) is 2. The van der Waals surface area contributed by atoms with Gasteiger partial charge in [0, 0.05) is 10.6 Å². The van der Waals surface area contributed by atoms with Gasteiger partial charge in [-0.25, -0.2) is 4.98 Å². The van der Waals surface area contributed by atoms with Crippen LogP contribution < -0.4 is 9.47 Å². The second-order valence-electron chi connectivity index (χ2n) is 7.62. The molecule has 4 rings (SSSR count). The number of halogens is 1. The minimum Gasteiger partial charge on any atom is -0.490 e. The van der Waals surface area contributed by atoms with Crippen molar-refractivity contribution in [2.75, 3.05) is 6.61 Å². The van der Waals surface area contributed by atoms with Crippen molar-refractivity contribution in [2.24, 2.45) is 0 Å². The van der Waals surface area contributed by atoms with Crippen molar-refractivity contribution in [1.29, 1.82) is 5.26 Å². The number of aromatic nitrogens is 2. The van der Waals surface area contributed by atoms with Crippen LogP contribution in [0.4, 0.5) is 0 Å². The number of fused-ring (bicyclic) bond motifs is 1. The van der Waals surface area contributed by atoms with E-state index in [1.54, 1.807) is 6.08 Å². The highest BCUT2D eigenvalue weighted by atomic mass is 35.5. The fourth-order valence-corrected chi connectivity index (χ4v) is 3.90. The molecule has 6 heteroatoms. The number of allylic oxidation sites excluding steroid dienone is 2. The lowest BCUT2D eigenvalue weighted by atomic mass is 10.0. The Balaban J connectivity index is 1.72. The number of rotatable bonds is 9. The third-order valence-electron chi connectivity index (χ3n) is 5.17. The van der Waals surface area contributed by atoms with E-state index < -0.39 is 0 Å². The maximum atomic E-state index is 9.84. The number of hydrogen-bond donors (Lipinski definition) is 1. The molecule has 0 bridgehead atoms. The van der Waals surface area contributed by atoms with Gasteiger partial charge in [0.1, 0.15) is 18.5 Å². The summed E-state index contributed by atoms with van der Waals surface area (Å²) in [6.45, 7) is 6.63. The Labute approximate surface area is 203 Å². The van der Waals surface area contributed by atoms with E-state index in [0.717, 1.165) is 27.7 Å². The van der Waals surface area contributed by atoms with Crippen LogP contribution in [0.3, 0.4) is 0 Å². The van der Waals surface area contributed by atoms with Crippen molar-refractivity contribution in [3.63, 3.8) is 0 Å². The molecule has 170 valence electrons. The summed E-state index contributed by atoms with van der Waals surface area (Å²) in [7, 11) is 0. The molecule has 1 aromatic heterocycles. The van der Waals surface area contributed by atoms with Crippen LogP contribution in [0.2, 0.25) is 5.02 Å². The lowest BCUT2D eigenvalue weighted by molar-refractivity contribution is 0.267. The summed E-state index contributed by atoms with van der Waals surface area (Å²) in [4.78, 5) is 7.77. The molecule has 0 spiro atoms. The third-order valence-corrected chi connectivity index (χ3v) is 5.40. The molecule has 1 heterocycles. The largest absolute Gasteiger partial charge is 0.490 e. The summed E-state index contributed by atoms with van der Waals surface area (Å²) in [5.74, 6) is 1.78. The summed E-state index contributed by atoms with van der Waals surface area (Å²) in [6.07, 6.45) is 4.20. The SMILES string of the molecule is C=CCc1cc(/C=C(\C#N)c2nc3ccccc3[nH]2)cc(OCC)c1OCc1cccc(Cl)c1. The average molecular weight is 470 g/mol. The third kappa shape index (κ3) is 5.31. The zero-order valence-electron chi connectivity index (χ0n) is 18.8. The van der Waals surface area contributed by atoms with Gasteiger partial charge in [0.2, 0.25) is 0 Å². The molecule has 0 unspecified atom stereocenters. The number of imidazole rings is 1. The zero-order valence-corrected chi connectivity index (χ0v) is 19.6. The van der Waals surface area contributed by atoms with Crippen LogP contribution in [0.25, 0.3) is 22.7 Å². The first-order valence-corrected chi connectivity index (χ1v) is 11.3. The number of nitriles is 1. The van der Waals surface area contributed by atoms with Crippen LogP contribution in [0.5, 0.6) is 11.5 Å². The molecule has 0 fully saturated rings. The average Bonchev–Trinajstić information content (AvgIpc) is 3.26. The normalized spacial score (nSPS) is 11.3. The van der Waals surface area contributed by atoms with Crippen LogP contribution in [0.1, 0.15) is 29.4 Å². The molecule has 0 atom stereocenters. The van der Waals surface area contributed by atoms with Crippen LogP contribution in [0, 0.1) is 11.3 Å². The fraction of sp³-hybridized carbons (Fsp3) is 0.143. The van der Waals surface area contributed by atoms with Crippen molar-refractivity contribution in [3.05, 3.63) is 101 Å². The molecule has 1 N–H and O–H groups in total. The highest BCUT2D eigenvalue weighted by molar-refractivity contribution is 6.30. The Morgan fingerprint density at radius 1 is 1.15 bits per heavy atom. The Kier molecular flexibility index (Phi) is 7.31. The van der Waals surface area contributed by atoms with Gasteiger partial charge >= 0.3 is 0 Å². The van der Waals surface area contributed by atoms with Crippen LogP contribution in [0.15, 0.2) is 73.3 Å². The van der Waals surface area contributed by atoms with Crippen molar-refractivity contribution in [3.8, 4) is 17.6 Å². The maximum Gasteiger partial charge on any atom is 0.165 e. The van der Waals surface area contributed by atoms with E-state index in [-0.39, 0.29) is 0 Å². The second-order valence-corrected chi connectivity index (χ2v) is 8.06. The Morgan fingerprint density at radius 3 is 2.74 bits per heavy atom. The molecule has 0 amide bonds. The smallest absolute Gasteiger partial charge is 0.165 e. The van der Waals surface area contributed by atoms with Crippen LogP contribution in [-0.4, -0.2) is 16.6 Å². The van der Waals surface area contributed by atoms with Crippen molar-refractivity contribution in [1.82, 2.24) is 9.97 Å². The summed E-state index contributed by atoms with van der Waals surface area (Å²) in [5, 5.41) is 10.5. The first-order chi connectivity index (χ1) is 16.6. The highest BCUT2D eigenvalue weighted by Gasteiger charge is 2.15. The molecule has 0 aliphatic rings. The number of hydrogen-bond acceptors (Lipinski definition) is 4. The van der Waals surface area contributed by atoms with Gasteiger partial charge in [-0.15, -0.1) is 6.58 Å². The number of para-hydroxylation sites is 2. The van der Waals surface area contributed by atoms with E-state index in [2.05, 4.69) is 22.6 Å². The molecule has 0 aliphatic carbocycles. The van der Waals surface area contributed by atoms with Gasteiger partial charge < -0.3 is 14.5 Å². The molecule has 34 heavy (non-hydrogen) atoms. The second kappa shape index (κ2) is 10.7. The van der Waals surface area contributed by atoms with Crippen molar-refractivity contribution in [2.45, 2.75) is 20.0 Å². The molecule has 0 aliphatic heterocycles. The van der Waals surface area contributed by atoms with Gasteiger partial charge in [-0.1, -0.05) is 41.9 Å². The van der Waals surface area contributed by atoms with Crippen LogP contribution in [-0.2, 0) is 13.0 Å². The van der Waals surface area contributed by atoms with Gasteiger partial charge in [0.15, 0.2) is 11.5 Å². The first kappa shape index (κ1) is 23.2. The fourth-order valence-electron chi connectivity index (χ4n) is 3.68. The van der Waals surface area contributed by atoms with Crippen molar-refractivity contribution >= 4 is 34.3 Å². The number of benzene rings is 3. The predicted molar refractivity (Wildman–Crippen MR) is 137 cm³/mol. The van der Waals surface area contributed by atoms with E-state index in [9.17, 15) is 5.26 Å². The molecule has 5 nitrogen and oxygen atoms in total. The number of nitrogens with one attached hydrogen (secondary N) is 1. The molecular weight excluding hydrogens is 446 g/mol. The van der Waals surface area contributed by atoms with Gasteiger partial charge in [-0.2, -0.15) is 5.26 Å². The summed E-state index contributed by atoms with van der Waals surface area (Å²) >= 11 is 6.11. The molecule has 0 saturated carbocycles. The number of aromatic amines is 1. The van der Waals surface area contributed by atoms with Crippen molar-refractivity contribution < 1.29 is 9.47 Å². The monoisotopic (exact) mass is 469 g/mol. The Bertz CT molecular complexity index is 1370. The molecule has 0 radical (unpaired) electrons. The lowest BCUT2D eigenvalue weighted by Gasteiger charge is -2.17. The first-order valence-electron chi connectivity index (χ1n) is 11.0. The number of H-pyrrole nitrogens is 1. The quantitative estimate of drug-likeness (QED) is 0.212. The number of ether oxygens (including phenoxy) is 2. The van der Waals surface area contributed by atoms with E-state index in [1.165, 1.54) is 0 Å². The predicted octanol–water partition coefficient (Wildman–Crippen LogP) is 6.99.